The van der Waals surface area contributed by atoms with Crippen LogP contribution >= 0.6 is 0 Å². The van der Waals surface area contributed by atoms with Crippen LogP contribution in [0.15, 0.2) is 0 Å². The Hall–Kier alpha value is -3.03. The number of carbonyl (C=O) groups excluding carboxylic acids is 4. The van der Waals surface area contributed by atoms with Crippen LogP contribution in [0.2, 0.25) is 0 Å². The van der Waals surface area contributed by atoms with E-state index in [2.05, 4.69) is 0 Å². The van der Waals surface area contributed by atoms with Gasteiger partial charge in [-0.05, 0) is 51.4 Å². The van der Waals surface area contributed by atoms with Crippen LogP contribution < -0.4 is 33.1 Å². The minimum absolute atomic E-state index is 0. The summed E-state index contributed by atoms with van der Waals surface area (Å²) in [6, 6.07) is -1.27. The summed E-state index contributed by atoms with van der Waals surface area (Å²) in [5, 5.41) is 25.4. The minimum atomic E-state index is -2.09. The molecule has 48 nitrogen and oxygen atoms in total. The van der Waals surface area contributed by atoms with E-state index in [1.807, 2.05) is 0 Å². The van der Waals surface area contributed by atoms with Crippen molar-refractivity contribution >= 4 is 23.9 Å². The van der Waals surface area contributed by atoms with Gasteiger partial charge in [-0.2, -0.15) is 0 Å². The normalized spacial score (nSPS) is 16.1. The number of hydrogen-bond donors (Lipinski definition) is 4. The fourth-order valence-electron chi connectivity index (χ4n) is 12.5. The summed E-state index contributed by atoms with van der Waals surface area (Å²) in [5.41, 5.74) is 18.1. The van der Waals surface area contributed by atoms with Crippen LogP contribution in [0.4, 0.5) is 0 Å². The van der Waals surface area contributed by atoms with Crippen molar-refractivity contribution in [2.45, 2.75) is 101 Å². The van der Waals surface area contributed by atoms with Gasteiger partial charge in [-0.1, -0.05) is 12.8 Å². The monoisotopic (exact) mass is 2270 g/mol. The zero-order chi connectivity index (χ0) is 103. The van der Waals surface area contributed by atoms with Gasteiger partial charge in [0.2, 0.25) is 0 Å². The molecule has 0 aromatic carbocycles. The van der Waals surface area contributed by atoms with Crippen molar-refractivity contribution in [3.8, 4) is 0 Å². The Morgan fingerprint density at radius 2 is 0.322 bits per heavy atom. The Labute approximate surface area is 862 Å². The molecular weight excluding hydrogens is 2080 g/mol. The third kappa shape index (κ3) is 85.2. The number of methoxy groups -OCH3 is 4. The molecule has 49 heteroatoms. The molecule has 143 heavy (non-hydrogen) atoms. The van der Waals surface area contributed by atoms with E-state index in [-0.39, 0.29) is 126 Å². The van der Waals surface area contributed by atoms with Gasteiger partial charge in [-0.25, -0.2) is 0 Å². The first kappa shape index (κ1) is 140. The van der Waals surface area contributed by atoms with Crippen molar-refractivity contribution in [2.24, 2.45) is 33.8 Å². The number of rotatable bonds is 114. The van der Waals surface area contributed by atoms with Gasteiger partial charge >= 0.3 is 33.0 Å². The van der Waals surface area contributed by atoms with Gasteiger partial charge in [0.05, 0.1) is 447 Å². The third-order valence-electron chi connectivity index (χ3n) is 20.9. The predicted octanol–water partition coefficient (Wildman–Crippen LogP) is -1.68. The van der Waals surface area contributed by atoms with Crippen LogP contribution in [0.3, 0.4) is 0 Å². The summed E-state index contributed by atoms with van der Waals surface area (Å²) in [6.45, 7) is 26.7. The Morgan fingerprint density at radius 3 is 0.427 bits per heavy atom. The number of carboxylic acids is 2. The predicted molar refractivity (Wildman–Crippen MR) is 506 cm³/mol. The van der Waals surface area contributed by atoms with Gasteiger partial charge < -0.3 is 211 Å². The fourth-order valence-corrected chi connectivity index (χ4v) is 12.5. The molecule has 2 saturated carbocycles. The molecule has 2 aliphatic carbocycles. The Bertz CT molecular complexity index is 2410. The van der Waals surface area contributed by atoms with Gasteiger partial charge in [-0.15, -0.1) is 0 Å². The van der Waals surface area contributed by atoms with Crippen molar-refractivity contribution in [3.63, 3.8) is 0 Å². The molecule has 0 heterocycles. The number of carboxylic acid groups (broad SMARTS) is 2. The number of carbonyl (C=O) groups is 4. The van der Waals surface area contributed by atoms with E-state index in [0.717, 1.165) is 12.8 Å². The molecule has 2 fully saturated rings. The summed E-state index contributed by atoms with van der Waals surface area (Å²) in [4.78, 5) is 52.7. The van der Waals surface area contributed by atoms with Gasteiger partial charge in [0, 0.05) is 67.7 Å². The summed E-state index contributed by atoms with van der Waals surface area (Å²) in [5.74, 6) is -5.29. The SMILES string of the molecule is COCCOCCOCCOCCOCCOCCOCCOCCOCCC(CCOCCOCCOCCOCCOCCOCCOCCOCCOC)(C(=O)[O-])C(=O)O[C@@]1(N)CCCC[C@H]1N.COCCOCCOCCOCCOCCOCCOCCOCCOCCC(CCOCCOCCOCCOCCOCCOCCOCCOCCOC)(C(=O)[O-])C(=O)O[C@@]1(N)CCCC[C@H]1N.[Pt+2]. The van der Waals surface area contributed by atoms with E-state index < -0.39 is 58.2 Å². The largest absolute Gasteiger partial charge is 2.00 e. The fraction of sp³-hybridized carbons (Fsp3) is 0.957. The summed E-state index contributed by atoms with van der Waals surface area (Å²) < 4.78 is 207. The van der Waals surface area contributed by atoms with Crippen molar-refractivity contribution in [2.75, 3.05) is 478 Å². The Kier molecular flexibility index (Phi) is 105. The third-order valence-corrected chi connectivity index (χ3v) is 20.9. The zero-order valence-corrected chi connectivity index (χ0v) is 88.6. The summed E-state index contributed by atoms with van der Waals surface area (Å²) >= 11 is 0. The molecule has 0 aromatic rings. The second kappa shape index (κ2) is 107. The van der Waals surface area contributed by atoms with Gasteiger partial charge in [-0.3, -0.25) is 21.1 Å². The molecule has 0 radical (unpaired) electrons. The van der Waals surface area contributed by atoms with Crippen LogP contribution in [-0.4, -0.2) is 525 Å². The molecule has 0 unspecified atom stereocenters. The molecule has 0 aliphatic heterocycles. The second-order valence-electron chi connectivity index (χ2n) is 31.7. The van der Waals surface area contributed by atoms with E-state index in [9.17, 15) is 29.4 Å². The van der Waals surface area contributed by atoms with E-state index >= 15 is 0 Å². The number of esters is 2. The molecule has 0 saturated heterocycles. The molecule has 4 atom stereocenters. The molecule has 852 valence electrons. The Morgan fingerprint density at radius 1 is 0.210 bits per heavy atom. The van der Waals surface area contributed by atoms with Crippen LogP contribution in [0.25, 0.3) is 0 Å². The van der Waals surface area contributed by atoms with Crippen LogP contribution in [0, 0.1) is 10.8 Å². The quantitative estimate of drug-likeness (QED) is 0.0229. The van der Waals surface area contributed by atoms with Crippen molar-refractivity contribution in [3.05, 3.63) is 0 Å². The van der Waals surface area contributed by atoms with E-state index in [1.165, 1.54) is 0 Å². The van der Waals surface area contributed by atoms with Gasteiger partial charge in [0.25, 0.3) is 0 Å². The molecule has 0 aromatic heterocycles. The first-order valence-electron chi connectivity index (χ1n) is 50.1. The smallest absolute Gasteiger partial charge is 0.549 e. The summed E-state index contributed by atoms with van der Waals surface area (Å²) in [7, 11) is 6.52. The van der Waals surface area contributed by atoms with Crippen molar-refractivity contribution in [1.82, 2.24) is 0 Å². The van der Waals surface area contributed by atoms with E-state index in [0.29, 0.717) is 409 Å². The molecule has 0 spiro atoms. The standard InChI is InChI=1S/2C47H92N2O22.Pt/c2*1-53-11-13-57-19-21-61-27-29-65-35-37-69-41-39-67-33-31-63-25-23-59-17-15-55-9-7-46(44(50)51,45(52)71-47(49)6-4-3-5-43(47)48)8-10-56-16-18-60-24-26-64-32-34-68-40-42-70-38-36-66-30-28-62-22-20-58-14-12-54-2;/h2*43H,3-42,48-49H2,1-2H3,(H,50,51);/q;;+2/p-2/t2*43-,47+;/m11./s1. The topological polar surface area (TPSA) is 569 Å². The maximum absolute atomic E-state index is 13.6. The maximum Gasteiger partial charge on any atom is 2.00 e. The van der Waals surface area contributed by atoms with Gasteiger partial charge in [0.1, 0.15) is 10.8 Å². The Balaban J connectivity index is 0.00000280. The van der Waals surface area contributed by atoms with Crippen LogP contribution in [0.1, 0.15) is 77.0 Å². The average Bonchev–Trinajstić information content (AvgIpc) is 0.792. The number of ether oxygens (including phenoxy) is 38. The van der Waals surface area contributed by atoms with E-state index in [1.54, 1.807) is 28.4 Å². The molecule has 2 aliphatic rings. The molecular formula is C94H182N4O44Pt. The molecule has 0 amide bonds. The van der Waals surface area contributed by atoms with Gasteiger partial charge in [0.15, 0.2) is 11.4 Å². The minimum Gasteiger partial charge on any atom is -0.549 e. The first-order chi connectivity index (χ1) is 69.6. The number of hydrogen-bond acceptors (Lipinski definition) is 48. The first-order valence-corrected chi connectivity index (χ1v) is 50.1. The van der Waals surface area contributed by atoms with E-state index in [4.69, 9.17) is 203 Å². The van der Waals surface area contributed by atoms with Crippen molar-refractivity contribution < 1.29 is 230 Å². The average molecular weight is 2270 g/mol. The maximum atomic E-state index is 13.6. The van der Waals surface area contributed by atoms with Crippen LogP contribution in [-0.2, 0) is 220 Å². The van der Waals surface area contributed by atoms with Crippen LogP contribution in [0.5, 0.6) is 0 Å². The zero-order valence-electron chi connectivity index (χ0n) is 86.3. The summed E-state index contributed by atoms with van der Waals surface area (Å²) in [6.07, 6.45) is 3.80. The second-order valence-corrected chi connectivity index (χ2v) is 31.7. The molecule has 2 rings (SSSR count). The number of nitrogens with two attached hydrogens (primary N) is 4. The molecule has 8 N–H and O–H groups in total. The molecule has 0 bridgehead atoms. The van der Waals surface area contributed by atoms with Crippen molar-refractivity contribution in [1.29, 1.82) is 0 Å². The number of aliphatic carboxylic acids is 2.